The van der Waals surface area contributed by atoms with Gasteiger partial charge in [0.15, 0.2) is 0 Å². The molecule has 1 aliphatic heterocycles. The lowest BCUT2D eigenvalue weighted by Gasteiger charge is -2.47. The molecule has 1 N–H and O–H groups in total. The van der Waals surface area contributed by atoms with E-state index in [0.717, 1.165) is 18.4 Å². The third-order valence-corrected chi connectivity index (χ3v) is 5.51. The minimum absolute atomic E-state index is 0.212. The van der Waals surface area contributed by atoms with Gasteiger partial charge in [-0.1, -0.05) is 33.1 Å². The molecule has 2 fully saturated rings. The normalized spacial score (nSPS) is 37.7. The molecule has 0 amide bonds. The summed E-state index contributed by atoms with van der Waals surface area (Å²) in [5.74, 6) is 1.61. The van der Waals surface area contributed by atoms with Crippen molar-refractivity contribution in [1.29, 1.82) is 0 Å². The van der Waals surface area contributed by atoms with Crippen molar-refractivity contribution in [1.82, 2.24) is 4.90 Å². The van der Waals surface area contributed by atoms with Crippen LogP contribution in [0.5, 0.6) is 0 Å². The van der Waals surface area contributed by atoms with Gasteiger partial charge in [0.25, 0.3) is 0 Å². The molecule has 106 valence electrons. The van der Waals surface area contributed by atoms with Gasteiger partial charge in [0.05, 0.1) is 0 Å². The van der Waals surface area contributed by atoms with Crippen LogP contribution in [0.1, 0.15) is 59.3 Å². The number of nitrogens with zero attached hydrogens (tertiary/aromatic N) is 1. The second kappa shape index (κ2) is 5.92. The quantitative estimate of drug-likeness (QED) is 0.834. The fourth-order valence-electron chi connectivity index (χ4n) is 4.14. The van der Waals surface area contributed by atoms with E-state index in [9.17, 15) is 5.11 Å². The highest BCUT2D eigenvalue weighted by Gasteiger charge is 2.37. The first-order valence-corrected chi connectivity index (χ1v) is 7.91. The largest absolute Gasteiger partial charge is 0.396 e. The van der Waals surface area contributed by atoms with Gasteiger partial charge >= 0.3 is 0 Å². The molecule has 0 bridgehead atoms. The smallest absolute Gasteiger partial charge is 0.0499 e. The molecule has 0 aromatic carbocycles. The van der Waals surface area contributed by atoms with Crippen molar-refractivity contribution in [3.8, 4) is 0 Å². The maximum Gasteiger partial charge on any atom is 0.0499 e. The summed E-state index contributed by atoms with van der Waals surface area (Å²) in [4.78, 5) is 2.67. The molecule has 1 heterocycles. The van der Waals surface area contributed by atoms with Crippen LogP contribution in [0, 0.1) is 17.3 Å². The molecule has 1 saturated heterocycles. The number of hydrogen-bond donors (Lipinski definition) is 1. The van der Waals surface area contributed by atoms with E-state index in [1.165, 1.54) is 45.1 Å². The Bertz CT molecular complexity index is 260. The summed E-state index contributed by atoms with van der Waals surface area (Å²) in [5, 5.41) is 9.86. The SMILES string of the molecule is CC1CC(C)C(C)N(CC2(CO)CCCCC2)C1. The minimum Gasteiger partial charge on any atom is -0.396 e. The van der Waals surface area contributed by atoms with Gasteiger partial charge in [0, 0.05) is 31.2 Å². The molecule has 2 heteroatoms. The van der Waals surface area contributed by atoms with E-state index in [0.29, 0.717) is 12.6 Å². The molecule has 0 aromatic heterocycles. The first-order valence-electron chi connectivity index (χ1n) is 7.91. The van der Waals surface area contributed by atoms with Gasteiger partial charge in [-0.3, -0.25) is 4.90 Å². The summed E-state index contributed by atoms with van der Waals surface area (Å²) < 4.78 is 0. The monoisotopic (exact) mass is 253 g/mol. The standard InChI is InChI=1S/C16H31NO/c1-13-9-14(2)15(3)17(10-13)11-16(12-18)7-5-4-6-8-16/h13-15,18H,4-12H2,1-3H3. The number of aliphatic hydroxyl groups is 1. The van der Waals surface area contributed by atoms with E-state index in [1.807, 2.05) is 0 Å². The molecule has 0 radical (unpaired) electrons. The van der Waals surface area contributed by atoms with Crippen LogP contribution in [0.25, 0.3) is 0 Å². The van der Waals surface area contributed by atoms with Crippen molar-refractivity contribution >= 4 is 0 Å². The number of piperidine rings is 1. The predicted octanol–water partition coefficient (Wildman–Crippen LogP) is 3.30. The molecule has 3 unspecified atom stereocenters. The highest BCUT2D eigenvalue weighted by Crippen LogP contribution is 2.39. The van der Waals surface area contributed by atoms with E-state index in [-0.39, 0.29) is 5.41 Å². The molecule has 0 aromatic rings. The Morgan fingerprint density at radius 3 is 2.39 bits per heavy atom. The molecule has 2 aliphatic rings. The van der Waals surface area contributed by atoms with Gasteiger partial charge in [0.1, 0.15) is 0 Å². The van der Waals surface area contributed by atoms with Crippen LogP contribution < -0.4 is 0 Å². The van der Waals surface area contributed by atoms with Crippen LogP contribution in [0.15, 0.2) is 0 Å². The number of hydrogen-bond acceptors (Lipinski definition) is 2. The van der Waals surface area contributed by atoms with Crippen LogP contribution in [-0.4, -0.2) is 35.7 Å². The summed E-state index contributed by atoms with van der Waals surface area (Å²) in [6.07, 6.45) is 7.82. The Hall–Kier alpha value is -0.0800. The van der Waals surface area contributed by atoms with Crippen molar-refractivity contribution in [3.05, 3.63) is 0 Å². The van der Waals surface area contributed by atoms with E-state index < -0.39 is 0 Å². The van der Waals surface area contributed by atoms with Gasteiger partial charge in [-0.05, 0) is 38.0 Å². The highest BCUT2D eigenvalue weighted by atomic mass is 16.3. The highest BCUT2D eigenvalue weighted by molar-refractivity contribution is 4.90. The van der Waals surface area contributed by atoms with Crippen molar-refractivity contribution in [2.45, 2.75) is 65.3 Å². The third kappa shape index (κ3) is 3.08. The predicted molar refractivity (Wildman–Crippen MR) is 76.6 cm³/mol. The summed E-state index contributed by atoms with van der Waals surface area (Å²) in [7, 11) is 0. The summed E-state index contributed by atoms with van der Waals surface area (Å²) in [5.41, 5.74) is 0.212. The lowest BCUT2D eigenvalue weighted by Crippen LogP contribution is -2.51. The Morgan fingerprint density at radius 1 is 1.11 bits per heavy atom. The zero-order chi connectivity index (χ0) is 13.2. The zero-order valence-corrected chi connectivity index (χ0v) is 12.5. The van der Waals surface area contributed by atoms with E-state index in [2.05, 4.69) is 25.7 Å². The molecule has 2 nitrogen and oxygen atoms in total. The molecule has 18 heavy (non-hydrogen) atoms. The second-order valence-electron chi connectivity index (χ2n) is 7.21. The molecule has 0 spiro atoms. The fourth-order valence-corrected chi connectivity index (χ4v) is 4.14. The van der Waals surface area contributed by atoms with E-state index in [4.69, 9.17) is 0 Å². The zero-order valence-electron chi connectivity index (χ0n) is 12.5. The van der Waals surface area contributed by atoms with Crippen molar-refractivity contribution in [3.63, 3.8) is 0 Å². The molecule has 2 rings (SSSR count). The number of rotatable bonds is 3. The fraction of sp³-hybridized carbons (Fsp3) is 1.00. The molecule has 3 atom stereocenters. The molecular weight excluding hydrogens is 222 g/mol. The van der Waals surface area contributed by atoms with Gasteiger partial charge in [-0.15, -0.1) is 0 Å². The lowest BCUT2D eigenvalue weighted by atomic mass is 9.73. The maximum absolute atomic E-state index is 9.86. The maximum atomic E-state index is 9.86. The van der Waals surface area contributed by atoms with Crippen molar-refractivity contribution in [2.75, 3.05) is 19.7 Å². The third-order valence-electron chi connectivity index (χ3n) is 5.51. The lowest BCUT2D eigenvalue weighted by molar-refractivity contribution is -0.00698. The Labute approximate surface area is 113 Å². The van der Waals surface area contributed by atoms with E-state index >= 15 is 0 Å². The van der Waals surface area contributed by atoms with Crippen molar-refractivity contribution in [2.24, 2.45) is 17.3 Å². The molecular formula is C16H31NO. The van der Waals surface area contributed by atoms with Crippen LogP contribution in [0.4, 0.5) is 0 Å². The van der Waals surface area contributed by atoms with Crippen LogP contribution >= 0.6 is 0 Å². The second-order valence-corrected chi connectivity index (χ2v) is 7.21. The van der Waals surface area contributed by atoms with Crippen LogP contribution in [-0.2, 0) is 0 Å². The molecule has 1 aliphatic carbocycles. The van der Waals surface area contributed by atoms with Crippen LogP contribution in [0.3, 0.4) is 0 Å². The first kappa shape index (κ1) is 14.3. The van der Waals surface area contributed by atoms with Gasteiger partial charge in [-0.2, -0.15) is 0 Å². The summed E-state index contributed by atoms with van der Waals surface area (Å²) >= 11 is 0. The Morgan fingerprint density at radius 2 is 1.78 bits per heavy atom. The topological polar surface area (TPSA) is 23.5 Å². The first-order chi connectivity index (χ1) is 8.56. The van der Waals surface area contributed by atoms with Gasteiger partial charge < -0.3 is 5.11 Å². The van der Waals surface area contributed by atoms with Crippen LogP contribution in [0.2, 0.25) is 0 Å². The average Bonchev–Trinajstić information content (AvgIpc) is 2.36. The van der Waals surface area contributed by atoms with E-state index in [1.54, 1.807) is 0 Å². The number of likely N-dealkylation sites (tertiary alicyclic amines) is 1. The Balaban J connectivity index is 2.01. The van der Waals surface area contributed by atoms with Gasteiger partial charge in [0.2, 0.25) is 0 Å². The van der Waals surface area contributed by atoms with Gasteiger partial charge in [-0.25, -0.2) is 0 Å². The summed E-state index contributed by atoms with van der Waals surface area (Å²) in [6, 6.07) is 0.687. The van der Waals surface area contributed by atoms with Crippen molar-refractivity contribution < 1.29 is 5.11 Å². The minimum atomic E-state index is 0.212. The number of aliphatic hydroxyl groups excluding tert-OH is 1. The Kier molecular flexibility index (Phi) is 4.71. The molecule has 1 saturated carbocycles. The summed E-state index contributed by atoms with van der Waals surface area (Å²) in [6.45, 7) is 9.89. The average molecular weight is 253 g/mol.